The Bertz CT molecular complexity index is 499. The van der Waals surface area contributed by atoms with Crippen LogP contribution in [0.4, 0.5) is 13.2 Å². The number of nitrogens with zero attached hydrogens (tertiary/aromatic N) is 1. The van der Waals surface area contributed by atoms with Crippen molar-refractivity contribution in [2.24, 2.45) is 5.73 Å². The van der Waals surface area contributed by atoms with Gasteiger partial charge in [0.2, 0.25) is 0 Å². The Morgan fingerprint density at radius 2 is 2.10 bits per heavy atom. The maximum Gasteiger partial charge on any atom is 0.412 e. The van der Waals surface area contributed by atoms with Crippen LogP contribution in [-0.4, -0.2) is 30.7 Å². The molecule has 0 fully saturated rings. The monoisotopic (exact) mass is 304 g/mol. The summed E-state index contributed by atoms with van der Waals surface area (Å²) in [5.74, 6) is 0. The second kappa shape index (κ2) is 6.16. The van der Waals surface area contributed by atoms with Gasteiger partial charge in [0, 0.05) is 36.3 Å². The molecule has 0 aromatic heterocycles. The Kier molecular flexibility index (Phi) is 4.73. The summed E-state index contributed by atoms with van der Waals surface area (Å²) in [4.78, 5) is 1.95. The number of hydrogen-bond acceptors (Lipinski definition) is 2. The molecular weight excluding hydrogens is 289 g/mol. The Morgan fingerprint density at radius 3 is 2.60 bits per heavy atom. The first-order valence-electron chi connectivity index (χ1n) is 6.37. The van der Waals surface area contributed by atoms with Gasteiger partial charge in [-0.05, 0) is 24.1 Å². The third-order valence-corrected chi connectivity index (χ3v) is 3.74. The molecule has 0 amide bonds. The molecule has 1 aliphatic rings. The van der Waals surface area contributed by atoms with Crippen LogP contribution >= 0.6 is 11.6 Å². The van der Waals surface area contributed by atoms with Crippen LogP contribution in [0.25, 0.3) is 0 Å². The normalized spacial score (nSPS) is 18.8. The lowest BCUT2D eigenvalue weighted by Gasteiger charge is -2.34. The molecule has 110 valence electrons. The highest BCUT2D eigenvalue weighted by Crippen LogP contribution is 2.32. The molecule has 1 aromatic rings. The molecule has 0 radical (unpaired) electrons. The van der Waals surface area contributed by atoms with Crippen molar-refractivity contribution in [1.29, 1.82) is 0 Å². The van der Waals surface area contributed by atoms with Gasteiger partial charge in [0.1, 0.15) is 0 Å². The maximum absolute atomic E-state index is 12.6. The Morgan fingerprint density at radius 1 is 1.35 bits per heavy atom. The van der Waals surface area contributed by atoms with Crippen LogP contribution in [0.15, 0.2) is 35.9 Å². The van der Waals surface area contributed by atoms with E-state index >= 15 is 0 Å². The summed E-state index contributed by atoms with van der Waals surface area (Å²) in [7, 11) is 0. The maximum atomic E-state index is 12.6. The first kappa shape index (κ1) is 15.4. The van der Waals surface area contributed by atoms with Crippen LogP contribution < -0.4 is 5.73 Å². The van der Waals surface area contributed by atoms with Crippen molar-refractivity contribution in [3.8, 4) is 0 Å². The van der Waals surface area contributed by atoms with Crippen molar-refractivity contribution in [3.63, 3.8) is 0 Å². The van der Waals surface area contributed by atoms with Gasteiger partial charge in [-0.2, -0.15) is 13.2 Å². The van der Waals surface area contributed by atoms with Gasteiger partial charge in [0.15, 0.2) is 0 Å². The Balaban J connectivity index is 2.13. The van der Waals surface area contributed by atoms with E-state index in [0.717, 1.165) is 5.56 Å². The lowest BCUT2D eigenvalue weighted by molar-refractivity contribution is -0.0964. The van der Waals surface area contributed by atoms with E-state index < -0.39 is 11.7 Å². The van der Waals surface area contributed by atoms with Crippen molar-refractivity contribution < 1.29 is 13.2 Å². The van der Waals surface area contributed by atoms with E-state index in [9.17, 15) is 13.2 Å². The summed E-state index contributed by atoms with van der Waals surface area (Å²) >= 11 is 5.95. The average Bonchev–Trinajstić information content (AvgIpc) is 2.39. The molecule has 0 saturated heterocycles. The standard InChI is InChI=1S/C14H16ClF3N2/c15-12-3-1-2-10(8-12)13(9-19)20-6-4-11(5-7-20)14(16,17)18/h1-4,8,13H,5-7,9,19H2. The summed E-state index contributed by atoms with van der Waals surface area (Å²) in [5.41, 5.74) is 6.26. The van der Waals surface area contributed by atoms with E-state index in [-0.39, 0.29) is 19.0 Å². The number of benzene rings is 1. The molecule has 0 aliphatic carbocycles. The first-order chi connectivity index (χ1) is 9.41. The molecular formula is C14H16ClF3N2. The Labute approximate surface area is 121 Å². The number of alkyl halides is 3. The van der Waals surface area contributed by atoms with Crippen molar-refractivity contribution in [2.75, 3.05) is 19.6 Å². The molecule has 2 nitrogen and oxygen atoms in total. The molecule has 2 N–H and O–H groups in total. The molecule has 2 rings (SSSR count). The molecule has 1 aliphatic heterocycles. The van der Waals surface area contributed by atoms with Crippen molar-refractivity contribution in [2.45, 2.75) is 18.6 Å². The number of halogens is 4. The zero-order valence-electron chi connectivity index (χ0n) is 10.8. The summed E-state index contributed by atoms with van der Waals surface area (Å²) < 4.78 is 37.8. The predicted octanol–water partition coefficient (Wildman–Crippen LogP) is 3.53. The third kappa shape index (κ3) is 3.53. The average molecular weight is 305 g/mol. The van der Waals surface area contributed by atoms with E-state index in [1.54, 1.807) is 6.07 Å². The fraction of sp³-hybridized carbons (Fsp3) is 0.429. The molecule has 0 spiro atoms. The van der Waals surface area contributed by atoms with E-state index in [1.807, 2.05) is 23.1 Å². The minimum absolute atomic E-state index is 0.000561. The summed E-state index contributed by atoms with van der Waals surface area (Å²) in [5, 5.41) is 0.601. The summed E-state index contributed by atoms with van der Waals surface area (Å²) in [6, 6.07) is 7.17. The fourth-order valence-corrected chi connectivity index (χ4v) is 2.63. The van der Waals surface area contributed by atoms with E-state index in [0.29, 0.717) is 18.1 Å². The van der Waals surface area contributed by atoms with Crippen molar-refractivity contribution >= 4 is 11.6 Å². The van der Waals surface area contributed by atoms with Gasteiger partial charge in [0.25, 0.3) is 0 Å². The molecule has 1 aromatic carbocycles. The van der Waals surface area contributed by atoms with Crippen LogP contribution in [0, 0.1) is 0 Å². The topological polar surface area (TPSA) is 29.3 Å². The minimum Gasteiger partial charge on any atom is -0.329 e. The smallest absolute Gasteiger partial charge is 0.329 e. The van der Waals surface area contributed by atoms with Crippen LogP contribution in [-0.2, 0) is 0 Å². The quantitative estimate of drug-likeness (QED) is 0.866. The third-order valence-electron chi connectivity index (χ3n) is 3.50. The minimum atomic E-state index is -4.22. The molecule has 1 heterocycles. The van der Waals surface area contributed by atoms with Crippen LogP contribution in [0.1, 0.15) is 18.0 Å². The second-order valence-electron chi connectivity index (χ2n) is 4.78. The lowest BCUT2D eigenvalue weighted by atomic mass is 10.0. The molecule has 20 heavy (non-hydrogen) atoms. The zero-order chi connectivity index (χ0) is 14.8. The first-order valence-corrected chi connectivity index (χ1v) is 6.75. The van der Waals surface area contributed by atoms with E-state index in [1.165, 1.54) is 6.08 Å². The van der Waals surface area contributed by atoms with Crippen LogP contribution in [0.3, 0.4) is 0 Å². The highest BCUT2D eigenvalue weighted by molar-refractivity contribution is 6.30. The van der Waals surface area contributed by atoms with Crippen molar-refractivity contribution in [3.05, 3.63) is 46.5 Å². The largest absolute Gasteiger partial charge is 0.412 e. The highest BCUT2D eigenvalue weighted by Gasteiger charge is 2.35. The van der Waals surface area contributed by atoms with Gasteiger partial charge < -0.3 is 5.73 Å². The fourth-order valence-electron chi connectivity index (χ4n) is 2.44. The number of nitrogens with two attached hydrogens (primary N) is 1. The van der Waals surface area contributed by atoms with E-state index in [2.05, 4.69) is 0 Å². The molecule has 0 saturated carbocycles. The predicted molar refractivity (Wildman–Crippen MR) is 73.6 cm³/mol. The van der Waals surface area contributed by atoms with Gasteiger partial charge in [0.05, 0.1) is 0 Å². The van der Waals surface area contributed by atoms with Gasteiger partial charge in [-0.15, -0.1) is 0 Å². The molecule has 1 unspecified atom stereocenters. The van der Waals surface area contributed by atoms with E-state index in [4.69, 9.17) is 17.3 Å². The second-order valence-corrected chi connectivity index (χ2v) is 5.21. The van der Waals surface area contributed by atoms with Crippen LogP contribution in [0.5, 0.6) is 0 Å². The molecule has 6 heteroatoms. The van der Waals surface area contributed by atoms with Gasteiger partial charge >= 0.3 is 6.18 Å². The Hall–Kier alpha value is -1.04. The lowest BCUT2D eigenvalue weighted by Crippen LogP contribution is -2.38. The van der Waals surface area contributed by atoms with Crippen LogP contribution in [0.2, 0.25) is 5.02 Å². The van der Waals surface area contributed by atoms with Gasteiger partial charge in [-0.1, -0.05) is 29.8 Å². The zero-order valence-corrected chi connectivity index (χ0v) is 11.6. The number of rotatable bonds is 3. The SMILES string of the molecule is NCC(c1cccc(Cl)c1)N1CC=C(C(F)(F)F)CC1. The van der Waals surface area contributed by atoms with Gasteiger partial charge in [-0.3, -0.25) is 4.90 Å². The van der Waals surface area contributed by atoms with Crippen molar-refractivity contribution in [1.82, 2.24) is 4.90 Å². The van der Waals surface area contributed by atoms with Gasteiger partial charge in [-0.25, -0.2) is 0 Å². The number of hydrogen-bond donors (Lipinski definition) is 1. The molecule has 1 atom stereocenters. The highest BCUT2D eigenvalue weighted by atomic mass is 35.5. The molecule has 0 bridgehead atoms. The summed E-state index contributed by atoms with van der Waals surface area (Å²) in [6.45, 7) is 0.943. The summed E-state index contributed by atoms with van der Waals surface area (Å²) in [6.07, 6.45) is -2.97.